The van der Waals surface area contributed by atoms with E-state index in [1.807, 2.05) is 0 Å². The fraction of sp³-hybridized carbons (Fsp3) is 0.917. The molecular weight excluding hydrogens is 206 g/mol. The molecule has 1 aliphatic heterocycles. The van der Waals surface area contributed by atoms with Crippen LogP contribution in [0.2, 0.25) is 0 Å². The van der Waals surface area contributed by atoms with Gasteiger partial charge < -0.3 is 14.8 Å². The van der Waals surface area contributed by atoms with Gasteiger partial charge in [-0.05, 0) is 25.8 Å². The van der Waals surface area contributed by atoms with E-state index in [1.165, 1.54) is 0 Å². The standard InChI is InChI=1S/C12H23NO3/c1-10(2)13-7-3-6-12(14)16-9-11-5-4-8-15-11/h10-11,13H,3-9H2,1-2H3. The molecule has 4 heteroatoms. The molecule has 0 aromatic rings. The van der Waals surface area contributed by atoms with Crippen molar-refractivity contribution in [3.8, 4) is 0 Å². The quantitative estimate of drug-likeness (QED) is 0.531. The Morgan fingerprint density at radius 3 is 3.00 bits per heavy atom. The van der Waals surface area contributed by atoms with Crippen molar-refractivity contribution in [2.75, 3.05) is 19.8 Å². The van der Waals surface area contributed by atoms with Gasteiger partial charge in [0.25, 0.3) is 0 Å². The van der Waals surface area contributed by atoms with Crippen LogP contribution in [-0.4, -0.2) is 37.9 Å². The second kappa shape index (κ2) is 7.63. The second-order valence-electron chi connectivity index (χ2n) is 4.53. The van der Waals surface area contributed by atoms with Gasteiger partial charge in [0.2, 0.25) is 0 Å². The molecule has 4 nitrogen and oxygen atoms in total. The Hall–Kier alpha value is -0.610. The van der Waals surface area contributed by atoms with Gasteiger partial charge in [0.15, 0.2) is 0 Å². The molecular formula is C12H23NO3. The van der Waals surface area contributed by atoms with E-state index in [9.17, 15) is 4.79 Å². The minimum absolute atomic E-state index is 0.110. The van der Waals surface area contributed by atoms with Crippen LogP contribution in [-0.2, 0) is 14.3 Å². The zero-order valence-corrected chi connectivity index (χ0v) is 10.3. The van der Waals surface area contributed by atoms with Crippen molar-refractivity contribution in [2.24, 2.45) is 0 Å². The maximum atomic E-state index is 11.3. The molecule has 0 saturated carbocycles. The summed E-state index contributed by atoms with van der Waals surface area (Å²) in [5.41, 5.74) is 0. The first-order chi connectivity index (χ1) is 7.68. The van der Waals surface area contributed by atoms with Gasteiger partial charge in [0.05, 0.1) is 6.10 Å². The second-order valence-corrected chi connectivity index (χ2v) is 4.53. The minimum atomic E-state index is -0.110. The zero-order valence-electron chi connectivity index (χ0n) is 10.3. The lowest BCUT2D eigenvalue weighted by Crippen LogP contribution is -2.24. The molecule has 0 radical (unpaired) electrons. The summed E-state index contributed by atoms with van der Waals surface area (Å²) < 4.78 is 10.5. The van der Waals surface area contributed by atoms with Gasteiger partial charge in [-0.25, -0.2) is 0 Å². The molecule has 1 unspecified atom stereocenters. The number of carbonyl (C=O) groups excluding carboxylic acids is 1. The van der Waals surface area contributed by atoms with Crippen molar-refractivity contribution in [3.05, 3.63) is 0 Å². The smallest absolute Gasteiger partial charge is 0.305 e. The largest absolute Gasteiger partial charge is 0.463 e. The highest BCUT2D eigenvalue weighted by Crippen LogP contribution is 2.12. The number of hydrogen-bond acceptors (Lipinski definition) is 4. The number of nitrogens with one attached hydrogen (secondary N) is 1. The highest BCUT2D eigenvalue weighted by Gasteiger charge is 2.17. The molecule has 1 aliphatic rings. The Morgan fingerprint density at radius 2 is 2.38 bits per heavy atom. The van der Waals surface area contributed by atoms with Crippen molar-refractivity contribution in [1.82, 2.24) is 5.32 Å². The Kier molecular flexibility index (Phi) is 6.42. The van der Waals surface area contributed by atoms with Crippen LogP contribution < -0.4 is 5.32 Å². The van der Waals surface area contributed by atoms with Crippen molar-refractivity contribution in [2.45, 2.75) is 51.7 Å². The van der Waals surface area contributed by atoms with E-state index in [-0.39, 0.29) is 12.1 Å². The number of esters is 1. The first-order valence-corrected chi connectivity index (χ1v) is 6.19. The molecule has 0 aromatic carbocycles. The van der Waals surface area contributed by atoms with Gasteiger partial charge in [-0.1, -0.05) is 13.8 Å². The maximum absolute atomic E-state index is 11.3. The third-order valence-electron chi connectivity index (χ3n) is 2.56. The molecule has 1 atom stereocenters. The fourth-order valence-electron chi connectivity index (χ4n) is 1.66. The summed E-state index contributed by atoms with van der Waals surface area (Å²) in [6, 6.07) is 0.475. The van der Waals surface area contributed by atoms with Crippen molar-refractivity contribution in [1.29, 1.82) is 0 Å². The molecule has 16 heavy (non-hydrogen) atoms. The summed E-state index contributed by atoms with van der Waals surface area (Å²) >= 11 is 0. The summed E-state index contributed by atoms with van der Waals surface area (Å²) in [7, 11) is 0. The molecule has 1 saturated heterocycles. The number of rotatable bonds is 7. The van der Waals surface area contributed by atoms with Crippen LogP contribution in [0.5, 0.6) is 0 Å². The van der Waals surface area contributed by atoms with E-state index in [4.69, 9.17) is 9.47 Å². The summed E-state index contributed by atoms with van der Waals surface area (Å²) in [6.45, 7) is 6.29. The van der Waals surface area contributed by atoms with Gasteiger partial charge in [0, 0.05) is 19.1 Å². The molecule has 1 rings (SSSR count). The average molecular weight is 229 g/mol. The zero-order chi connectivity index (χ0) is 11.8. The summed E-state index contributed by atoms with van der Waals surface area (Å²) in [6.07, 6.45) is 3.57. The topological polar surface area (TPSA) is 47.6 Å². The molecule has 1 N–H and O–H groups in total. The number of carbonyl (C=O) groups is 1. The Morgan fingerprint density at radius 1 is 1.56 bits per heavy atom. The van der Waals surface area contributed by atoms with Crippen LogP contribution in [0.4, 0.5) is 0 Å². The Labute approximate surface area is 97.7 Å². The summed E-state index contributed by atoms with van der Waals surface area (Å²) in [5.74, 6) is -0.110. The molecule has 0 aliphatic carbocycles. The first-order valence-electron chi connectivity index (χ1n) is 6.19. The van der Waals surface area contributed by atoms with E-state index < -0.39 is 0 Å². The highest BCUT2D eigenvalue weighted by molar-refractivity contribution is 5.69. The molecule has 94 valence electrons. The van der Waals surface area contributed by atoms with E-state index in [2.05, 4.69) is 19.2 Å². The van der Waals surface area contributed by atoms with Crippen molar-refractivity contribution in [3.63, 3.8) is 0 Å². The van der Waals surface area contributed by atoms with Crippen LogP contribution in [0.15, 0.2) is 0 Å². The van der Waals surface area contributed by atoms with Crippen molar-refractivity contribution >= 4 is 5.97 Å². The number of hydrogen-bond donors (Lipinski definition) is 1. The van der Waals surface area contributed by atoms with E-state index in [1.54, 1.807) is 0 Å². The normalized spacial score (nSPS) is 20.3. The lowest BCUT2D eigenvalue weighted by Gasteiger charge is -2.10. The molecule has 0 spiro atoms. The van der Waals surface area contributed by atoms with Crippen molar-refractivity contribution < 1.29 is 14.3 Å². The van der Waals surface area contributed by atoms with Crippen LogP contribution in [0, 0.1) is 0 Å². The fourth-order valence-corrected chi connectivity index (χ4v) is 1.66. The molecule has 0 aromatic heterocycles. The Balaban J connectivity index is 1.94. The van der Waals surface area contributed by atoms with Crippen LogP contribution >= 0.6 is 0 Å². The lowest BCUT2D eigenvalue weighted by atomic mass is 10.2. The van der Waals surface area contributed by atoms with Gasteiger partial charge in [-0.3, -0.25) is 4.79 Å². The van der Waals surface area contributed by atoms with Gasteiger partial charge >= 0.3 is 5.97 Å². The van der Waals surface area contributed by atoms with Gasteiger partial charge in [0.1, 0.15) is 6.61 Å². The summed E-state index contributed by atoms with van der Waals surface area (Å²) in [5, 5.41) is 3.27. The van der Waals surface area contributed by atoms with E-state index >= 15 is 0 Å². The Bertz CT molecular complexity index is 200. The molecule has 1 fully saturated rings. The predicted molar refractivity (Wildman–Crippen MR) is 62.3 cm³/mol. The third-order valence-corrected chi connectivity index (χ3v) is 2.56. The first kappa shape index (κ1) is 13.5. The van der Waals surface area contributed by atoms with Crippen LogP contribution in [0.25, 0.3) is 0 Å². The van der Waals surface area contributed by atoms with Gasteiger partial charge in [-0.2, -0.15) is 0 Å². The monoisotopic (exact) mass is 229 g/mol. The maximum Gasteiger partial charge on any atom is 0.305 e. The lowest BCUT2D eigenvalue weighted by molar-refractivity contribution is -0.146. The van der Waals surface area contributed by atoms with Crippen LogP contribution in [0.3, 0.4) is 0 Å². The SMILES string of the molecule is CC(C)NCCCC(=O)OCC1CCCO1. The molecule has 1 heterocycles. The number of ether oxygens (including phenoxy) is 2. The van der Waals surface area contributed by atoms with Crippen LogP contribution in [0.1, 0.15) is 39.5 Å². The molecule has 0 bridgehead atoms. The molecule has 0 amide bonds. The third kappa shape index (κ3) is 6.08. The summed E-state index contributed by atoms with van der Waals surface area (Å²) in [4.78, 5) is 11.3. The predicted octanol–water partition coefficient (Wildman–Crippen LogP) is 1.49. The van der Waals surface area contributed by atoms with Gasteiger partial charge in [-0.15, -0.1) is 0 Å². The minimum Gasteiger partial charge on any atom is -0.463 e. The highest BCUT2D eigenvalue weighted by atomic mass is 16.6. The van der Waals surface area contributed by atoms with E-state index in [0.717, 1.165) is 32.4 Å². The average Bonchev–Trinajstić information content (AvgIpc) is 2.74. The van der Waals surface area contributed by atoms with E-state index in [0.29, 0.717) is 19.1 Å².